The molecule has 0 aliphatic carbocycles. The van der Waals surface area contributed by atoms with Gasteiger partial charge in [-0.05, 0) is 37.8 Å². The van der Waals surface area contributed by atoms with Gasteiger partial charge in [-0.15, -0.1) is 0 Å². The summed E-state index contributed by atoms with van der Waals surface area (Å²) < 4.78 is 0. The average Bonchev–Trinajstić information content (AvgIpc) is 2.90. The van der Waals surface area contributed by atoms with Crippen LogP contribution in [0.1, 0.15) is 26.5 Å². The molecule has 1 unspecified atom stereocenters. The lowest BCUT2D eigenvalue weighted by Crippen LogP contribution is -2.49. The van der Waals surface area contributed by atoms with Gasteiger partial charge >= 0.3 is 5.95 Å². The van der Waals surface area contributed by atoms with Crippen molar-refractivity contribution in [3.8, 4) is 0 Å². The largest absolute Gasteiger partial charge is 0.432 e. The van der Waals surface area contributed by atoms with Crippen LogP contribution in [0.2, 0.25) is 0 Å². The van der Waals surface area contributed by atoms with Crippen LogP contribution in [0.4, 0.5) is 5.95 Å². The summed E-state index contributed by atoms with van der Waals surface area (Å²) in [6.07, 6.45) is 1.59. The molecule has 0 saturated heterocycles. The summed E-state index contributed by atoms with van der Waals surface area (Å²) in [7, 11) is 0. The molecule has 0 spiro atoms. The van der Waals surface area contributed by atoms with Crippen molar-refractivity contribution in [2.24, 2.45) is 16.8 Å². The van der Waals surface area contributed by atoms with Gasteiger partial charge in [0.1, 0.15) is 11.9 Å². The lowest BCUT2D eigenvalue weighted by atomic mass is 9.94. The van der Waals surface area contributed by atoms with E-state index in [0.29, 0.717) is 24.5 Å². The van der Waals surface area contributed by atoms with Gasteiger partial charge in [0.15, 0.2) is 0 Å². The molecular formula is C12H22N6O3. The van der Waals surface area contributed by atoms with E-state index < -0.39 is 10.5 Å². The summed E-state index contributed by atoms with van der Waals surface area (Å²) in [5, 5.41) is 26.4. The topological polar surface area (TPSA) is 142 Å². The van der Waals surface area contributed by atoms with Crippen molar-refractivity contribution in [3.05, 3.63) is 22.0 Å². The van der Waals surface area contributed by atoms with E-state index in [4.69, 9.17) is 5.73 Å². The Bertz CT molecular complexity index is 511. The molecule has 1 aromatic heterocycles. The summed E-state index contributed by atoms with van der Waals surface area (Å²) >= 11 is 0. The average molecular weight is 298 g/mol. The van der Waals surface area contributed by atoms with Crippen molar-refractivity contribution in [3.63, 3.8) is 0 Å². The van der Waals surface area contributed by atoms with E-state index in [1.807, 2.05) is 20.8 Å². The molecule has 118 valence electrons. The van der Waals surface area contributed by atoms with Gasteiger partial charge in [-0.2, -0.15) is 0 Å². The maximum atomic E-state index is 10.6. The van der Waals surface area contributed by atoms with Crippen molar-refractivity contribution < 1.29 is 10.1 Å². The minimum Gasteiger partial charge on any atom is -0.411 e. The van der Waals surface area contributed by atoms with Crippen LogP contribution in [-0.4, -0.2) is 44.4 Å². The number of aromatic amines is 1. The van der Waals surface area contributed by atoms with Crippen LogP contribution in [0.5, 0.6) is 0 Å². The predicted octanol–water partition coefficient (Wildman–Crippen LogP) is 0.654. The first-order chi connectivity index (χ1) is 9.80. The fourth-order valence-corrected chi connectivity index (χ4v) is 1.71. The number of aromatic nitrogens is 2. The maximum Gasteiger partial charge on any atom is 0.432 e. The lowest BCUT2D eigenvalue weighted by molar-refractivity contribution is -0.393. The fourth-order valence-electron chi connectivity index (χ4n) is 1.71. The van der Waals surface area contributed by atoms with E-state index in [-0.39, 0.29) is 18.3 Å². The van der Waals surface area contributed by atoms with Crippen molar-refractivity contribution in [1.82, 2.24) is 15.3 Å². The molecule has 1 atom stereocenters. The van der Waals surface area contributed by atoms with Gasteiger partial charge in [0.2, 0.25) is 0 Å². The third-order valence-corrected chi connectivity index (χ3v) is 3.28. The molecule has 0 radical (unpaired) electrons. The number of hydrogen-bond donors (Lipinski definition) is 4. The van der Waals surface area contributed by atoms with Crippen LogP contribution in [-0.2, 0) is 6.42 Å². The first-order valence-electron chi connectivity index (χ1n) is 6.65. The number of nitrogens with one attached hydrogen (secondary N) is 2. The Kier molecular flexibility index (Phi) is 5.79. The Morgan fingerprint density at radius 3 is 2.86 bits per heavy atom. The highest BCUT2D eigenvalue weighted by Crippen LogP contribution is 2.13. The number of rotatable bonds is 8. The zero-order valence-corrected chi connectivity index (χ0v) is 12.5. The van der Waals surface area contributed by atoms with E-state index in [2.05, 4.69) is 20.4 Å². The van der Waals surface area contributed by atoms with E-state index in [1.54, 1.807) is 0 Å². The van der Waals surface area contributed by atoms with Crippen molar-refractivity contribution in [1.29, 1.82) is 0 Å². The summed E-state index contributed by atoms with van der Waals surface area (Å²) in [5.74, 6) is -0.0396. The third kappa shape index (κ3) is 4.80. The number of nitrogens with zero attached hydrogens (tertiary/aromatic N) is 3. The highest BCUT2D eigenvalue weighted by Gasteiger charge is 2.27. The molecular weight excluding hydrogens is 276 g/mol. The zero-order valence-electron chi connectivity index (χ0n) is 12.5. The van der Waals surface area contributed by atoms with Gasteiger partial charge in [0, 0.05) is 6.42 Å². The van der Waals surface area contributed by atoms with Gasteiger partial charge in [-0.3, -0.25) is 0 Å². The molecule has 1 heterocycles. The van der Waals surface area contributed by atoms with Crippen LogP contribution in [0.25, 0.3) is 0 Å². The van der Waals surface area contributed by atoms with Crippen molar-refractivity contribution in [2.45, 2.75) is 32.7 Å². The Hall–Kier alpha value is -2.00. The molecule has 9 heteroatoms. The number of nitro groups is 1. The summed E-state index contributed by atoms with van der Waals surface area (Å²) in [5.41, 5.74) is 5.96. The Balaban J connectivity index is 2.74. The first kappa shape index (κ1) is 17.1. The number of hydrogen-bond acceptors (Lipinski definition) is 7. The minimum atomic E-state index is -0.606. The molecule has 0 aliphatic heterocycles. The Morgan fingerprint density at radius 2 is 2.38 bits per heavy atom. The van der Waals surface area contributed by atoms with Crippen molar-refractivity contribution in [2.75, 3.05) is 13.1 Å². The standard InChI is InChI=1S/C12H22N6O3/c1-8(5-13)6-15-12(2,3)10(17-19)4-9-7-14-11(16-9)18(20)21/h7-8,15,19H,4-6,13H2,1-3H3,(H,14,16). The van der Waals surface area contributed by atoms with Crippen LogP contribution < -0.4 is 11.1 Å². The number of nitrogens with two attached hydrogens (primary N) is 1. The van der Waals surface area contributed by atoms with Gasteiger partial charge in [-0.25, -0.2) is 4.98 Å². The Morgan fingerprint density at radius 1 is 1.71 bits per heavy atom. The molecule has 0 fully saturated rings. The molecule has 0 bridgehead atoms. The predicted molar refractivity (Wildman–Crippen MR) is 78.5 cm³/mol. The summed E-state index contributed by atoms with van der Waals surface area (Å²) in [6, 6.07) is 0. The number of imidazole rings is 1. The summed E-state index contributed by atoms with van der Waals surface area (Å²) in [6.45, 7) is 6.98. The van der Waals surface area contributed by atoms with Crippen LogP contribution >= 0.6 is 0 Å². The van der Waals surface area contributed by atoms with Gasteiger partial charge in [0.25, 0.3) is 0 Å². The Labute approximate surface area is 122 Å². The second-order valence-corrected chi connectivity index (χ2v) is 5.56. The molecule has 5 N–H and O–H groups in total. The van der Waals surface area contributed by atoms with Crippen molar-refractivity contribution >= 4 is 11.7 Å². The van der Waals surface area contributed by atoms with E-state index in [0.717, 1.165) is 0 Å². The normalized spacial score (nSPS) is 14.2. The lowest BCUT2D eigenvalue weighted by Gasteiger charge is -2.28. The molecule has 0 aromatic carbocycles. The van der Waals surface area contributed by atoms with E-state index >= 15 is 0 Å². The van der Waals surface area contributed by atoms with Gasteiger partial charge < -0.3 is 26.4 Å². The number of H-pyrrole nitrogens is 1. The third-order valence-electron chi connectivity index (χ3n) is 3.28. The summed E-state index contributed by atoms with van der Waals surface area (Å²) in [4.78, 5) is 16.2. The van der Waals surface area contributed by atoms with Crippen LogP contribution in [0.3, 0.4) is 0 Å². The molecule has 1 rings (SSSR count). The monoisotopic (exact) mass is 298 g/mol. The zero-order chi connectivity index (χ0) is 16.0. The second-order valence-electron chi connectivity index (χ2n) is 5.56. The highest BCUT2D eigenvalue weighted by molar-refractivity contribution is 5.93. The first-order valence-corrected chi connectivity index (χ1v) is 6.65. The smallest absolute Gasteiger partial charge is 0.411 e. The quantitative estimate of drug-likeness (QED) is 0.240. The molecule has 9 nitrogen and oxygen atoms in total. The molecule has 1 aromatic rings. The van der Waals surface area contributed by atoms with Gasteiger partial charge in [-0.1, -0.05) is 17.1 Å². The van der Waals surface area contributed by atoms with E-state index in [9.17, 15) is 15.3 Å². The fraction of sp³-hybridized carbons (Fsp3) is 0.667. The minimum absolute atomic E-state index is 0.231. The molecule has 0 aliphatic rings. The van der Waals surface area contributed by atoms with Crippen LogP contribution in [0.15, 0.2) is 11.4 Å². The SMILES string of the molecule is CC(CN)CNC(C)(C)C(Cc1cnc([N+](=O)[O-])[nH]1)=NO. The molecule has 0 amide bonds. The molecule has 21 heavy (non-hydrogen) atoms. The van der Waals surface area contributed by atoms with E-state index in [1.165, 1.54) is 6.20 Å². The second kappa shape index (κ2) is 7.14. The highest BCUT2D eigenvalue weighted by atomic mass is 16.6. The maximum absolute atomic E-state index is 10.6. The van der Waals surface area contributed by atoms with Gasteiger partial charge in [0.05, 0.1) is 11.3 Å². The molecule has 0 saturated carbocycles. The van der Waals surface area contributed by atoms with Crippen LogP contribution in [0, 0.1) is 16.0 Å². The number of oxime groups is 1.